The summed E-state index contributed by atoms with van der Waals surface area (Å²) in [7, 11) is 3.09. The van der Waals surface area contributed by atoms with E-state index in [2.05, 4.69) is 0 Å². The van der Waals surface area contributed by atoms with Crippen molar-refractivity contribution >= 4 is 6.29 Å². The largest absolute Gasteiger partial charge is 0.497 e. The SMILES string of the molecule is CCCC[O].COc1cc(C=O)cc(OC)c1. The summed E-state index contributed by atoms with van der Waals surface area (Å²) in [6.07, 6.45) is 2.62. The molecule has 0 unspecified atom stereocenters. The molecule has 0 fully saturated rings. The Morgan fingerprint density at radius 2 is 1.65 bits per heavy atom. The highest BCUT2D eigenvalue weighted by Crippen LogP contribution is 2.21. The lowest BCUT2D eigenvalue weighted by atomic mass is 10.2. The molecule has 1 aromatic rings. The first-order chi connectivity index (χ1) is 8.21. The van der Waals surface area contributed by atoms with Crippen LogP contribution in [-0.4, -0.2) is 27.1 Å². The van der Waals surface area contributed by atoms with Crippen LogP contribution >= 0.6 is 0 Å². The molecule has 1 rings (SSSR count). The first-order valence-electron chi connectivity index (χ1n) is 5.48. The predicted molar refractivity (Wildman–Crippen MR) is 65.4 cm³/mol. The molecule has 95 valence electrons. The van der Waals surface area contributed by atoms with Crippen LogP contribution in [0.25, 0.3) is 0 Å². The van der Waals surface area contributed by atoms with Gasteiger partial charge in [0, 0.05) is 11.6 Å². The molecular formula is C13H19O4. The molecule has 4 nitrogen and oxygen atoms in total. The van der Waals surface area contributed by atoms with Crippen molar-refractivity contribution in [3.63, 3.8) is 0 Å². The molecule has 0 amide bonds. The summed E-state index contributed by atoms with van der Waals surface area (Å²) >= 11 is 0. The lowest BCUT2D eigenvalue weighted by molar-refractivity contribution is 0.112. The van der Waals surface area contributed by atoms with Crippen molar-refractivity contribution in [2.75, 3.05) is 20.8 Å². The van der Waals surface area contributed by atoms with E-state index < -0.39 is 0 Å². The van der Waals surface area contributed by atoms with Crippen LogP contribution in [0.5, 0.6) is 11.5 Å². The van der Waals surface area contributed by atoms with Gasteiger partial charge in [0.1, 0.15) is 17.8 Å². The molecule has 0 saturated carbocycles. The summed E-state index contributed by atoms with van der Waals surface area (Å²) in [5.41, 5.74) is 0.547. The molecule has 1 radical (unpaired) electrons. The molecule has 0 bridgehead atoms. The van der Waals surface area contributed by atoms with Crippen LogP contribution in [-0.2, 0) is 5.11 Å². The average molecular weight is 239 g/mol. The van der Waals surface area contributed by atoms with E-state index in [1.54, 1.807) is 32.4 Å². The maximum Gasteiger partial charge on any atom is 0.150 e. The van der Waals surface area contributed by atoms with Crippen LogP contribution in [0.1, 0.15) is 30.1 Å². The van der Waals surface area contributed by atoms with Gasteiger partial charge in [-0.3, -0.25) is 4.79 Å². The number of hydrogen-bond acceptors (Lipinski definition) is 3. The third-order valence-corrected chi connectivity index (χ3v) is 2.01. The standard InChI is InChI=1S/C9H10O3.C4H9O/c1-11-8-3-7(6-10)4-9(5-8)12-2;1-2-3-4-5/h3-6H,1-2H3;2-4H2,1H3. The van der Waals surface area contributed by atoms with Gasteiger partial charge in [-0.05, 0) is 18.6 Å². The van der Waals surface area contributed by atoms with Crippen LogP contribution in [0.3, 0.4) is 0 Å². The van der Waals surface area contributed by atoms with Crippen molar-refractivity contribution < 1.29 is 19.4 Å². The molecule has 0 heterocycles. The van der Waals surface area contributed by atoms with E-state index in [9.17, 15) is 9.90 Å². The van der Waals surface area contributed by atoms with E-state index in [-0.39, 0.29) is 6.61 Å². The highest BCUT2D eigenvalue weighted by molar-refractivity contribution is 5.76. The summed E-state index contributed by atoms with van der Waals surface area (Å²) in [5.74, 6) is 1.24. The Bertz CT molecular complexity index is 299. The second-order valence-electron chi connectivity index (χ2n) is 3.32. The lowest BCUT2D eigenvalue weighted by Crippen LogP contribution is -1.89. The Labute approximate surface area is 102 Å². The van der Waals surface area contributed by atoms with Crippen molar-refractivity contribution in [2.24, 2.45) is 0 Å². The fourth-order valence-corrected chi connectivity index (χ4v) is 1.04. The van der Waals surface area contributed by atoms with Gasteiger partial charge in [-0.15, -0.1) is 0 Å². The van der Waals surface area contributed by atoms with Crippen molar-refractivity contribution in [1.82, 2.24) is 0 Å². The third-order valence-electron chi connectivity index (χ3n) is 2.01. The number of aldehydes is 1. The van der Waals surface area contributed by atoms with Gasteiger partial charge in [0.15, 0.2) is 0 Å². The minimum absolute atomic E-state index is 0.0938. The third kappa shape index (κ3) is 6.58. The zero-order valence-electron chi connectivity index (χ0n) is 10.6. The Balaban J connectivity index is 0.000000437. The molecule has 0 aliphatic rings. The second kappa shape index (κ2) is 9.66. The number of carbonyl (C=O) groups is 1. The minimum Gasteiger partial charge on any atom is -0.497 e. The number of unbranched alkanes of at least 4 members (excludes halogenated alkanes) is 1. The van der Waals surface area contributed by atoms with E-state index in [1.807, 2.05) is 6.92 Å². The van der Waals surface area contributed by atoms with Gasteiger partial charge in [-0.2, -0.15) is 0 Å². The molecule has 4 heteroatoms. The molecule has 1 aromatic carbocycles. The maximum absolute atomic E-state index is 10.4. The molecule has 0 atom stereocenters. The summed E-state index contributed by atoms with van der Waals surface area (Å²) < 4.78 is 9.92. The van der Waals surface area contributed by atoms with Gasteiger partial charge in [-0.1, -0.05) is 13.3 Å². The smallest absolute Gasteiger partial charge is 0.150 e. The summed E-state index contributed by atoms with van der Waals surface area (Å²) in [4.78, 5) is 10.4. The number of benzene rings is 1. The van der Waals surface area contributed by atoms with Crippen molar-refractivity contribution in [3.8, 4) is 11.5 Å². The van der Waals surface area contributed by atoms with Crippen LogP contribution in [0, 0.1) is 0 Å². The van der Waals surface area contributed by atoms with Gasteiger partial charge >= 0.3 is 0 Å². The Hall–Kier alpha value is -1.55. The van der Waals surface area contributed by atoms with E-state index in [0.29, 0.717) is 17.1 Å². The summed E-state index contributed by atoms with van der Waals surface area (Å²) in [5, 5.41) is 9.53. The number of rotatable bonds is 5. The van der Waals surface area contributed by atoms with Gasteiger partial charge in [0.05, 0.1) is 20.8 Å². The van der Waals surface area contributed by atoms with Crippen LogP contribution in [0.4, 0.5) is 0 Å². The fourth-order valence-electron chi connectivity index (χ4n) is 1.04. The predicted octanol–water partition coefficient (Wildman–Crippen LogP) is 2.73. The quantitative estimate of drug-likeness (QED) is 0.742. The van der Waals surface area contributed by atoms with E-state index in [1.165, 1.54) is 0 Å². The zero-order chi connectivity index (χ0) is 13.1. The molecule has 0 saturated heterocycles. The van der Waals surface area contributed by atoms with Crippen molar-refractivity contribution in [2.45, 2.75) is 19.8 Å². The van der Waals surface area contributed by atoms with Crippen molar-refractivity contribution in [1.29, 1.82) is 0 Å². The Morgan fingerprint density at radius 3 is 1.88 bits per heavy atom. The van der Waals surface area contributed by atoms with Crippen molar-refractivity contribution in [3.05, 3.63) is 23.8 Å². The molecular weight excluding hydrogens is 220 g/mol. The number of ether oxygens (including phenoxy) is 2. The number of hydrogen-bond donors (Lipinski definition) is 0. The second-order valence-corrected chi connectivity index (χ2v) is 3.32. The minimum atomic E-state index is 0.0938. The van der Waals surface area contributed by atoms with E-state index in [0.717, 1.165) is 19.1 Å². The van der Waals surface area contributed by atoms with Crippen LogP contribution < -0.4 is 9.47 Å². The highest BCUT2D eigenvalue weighted by atomic mass is 16.5. The van der Waals surface area contributed by atoms with Crippen LogP contribution in [0.2, 0.25) is 0 Å². The lowest BCUT2D eigenvalue weighted by Gasteiger charge is -2.04. The average Bonchev–Trinajstić information content (AvgIpc) is 2.39. The number of carbonyl (C=O) groups excluding carboxylic acids is 1. The highest BCUT2D eigenvalue weighted by Gasteiger charge is 1.99. The Kier molecular flexibility index (Phi) is 8.78. The topological polar surface area (TPSA) is 55.4 Å². The van der Waals surface area contributed by atoms with Gasteiger partial charge in [-0.25, -0.2) is 5.11 Å². The summed E-state index contributed by atoms with van der Waals surface area (Å²) in [6.45, 7) is 2.11. The van der Waals surface area contributed by atoms with Gasteiger partial charge in [0.2, 0.25) is 0 Å². The van der Waals surface area contributed by atoms with Gasteiger partial charge in [0.25, 0.3) is 0 Å². The normalized spacial score (nSPS) is 8.94. The molecule has 17 heavy (non-hydrogen) atoms. The fraction of sp³-hybridized carbons (Fsp3) is 0.462. The summed E-state index contributed by atoms with van der Waals surface area (Å²) in [6, 6.07) is 5.01. The van der Waals surface area contributed by atoms with E-state index >= 15 is 0 Å². The Morgan fingerprint density at radius 1 is 1.12 bits per heavy atom. The molecule has 0 aliphatic heterocycles. The molecule has 0 spiro atoms. The van der Waals surface area contributed by atoms with E-state index in [4.69, 9.17) is 9.47 Å². The van der Waals surface area contributed by atoms with Gasteiger partial charge < -0.3 is 9.47 Å². The maximum atomic E-state index is 10.4. The molecule has 0 aliphatic carbocycles. The number of methoxy groups -OCH3 is 2. The first kappa shape index (κ1) is 15.4. The first-order valence-corrected chi connectivity index (χ1v) is 5.48. The molecule has 0 N–H and O–H groups in total. The molecule has 0 aromatic heterocycles. The van der Waals surface area contributed by atoms with Crippen LogP contribution in [0.15, 0.2) is 18.2 Å². The monoisotopic (exact) mass is 239 g/mol. The zero-order valence-corrected chi connectivity index (χ0v) is 10.6.